The van der Waals surface area contributed by atoms with Crippen molar-refractivity contribution in [1.29, 1.82) is 5.26 Å². The number of unbranched alkanes of at least 4 members (excludes halogenated alkanes) is 13. The molecule has 0 radical (unpaired) electrons. The van der Waals surface area contributed by atoms with E-state index in [0.29, 0.717) is 6.42 Å². The lowest BCUT2D eigenvalue weighted by Crippen LogP contribution is -2.09. The van der Waals surface area contributed by atoms with Crippen molar-refractivity contribution in [2.75, 3.05) is 11.5 Å². The van der Waals surface area contributed by atoms with E-state index in [1.807, 2.05) is 0 Å². The smallest absolute Gasteiger partial charge is 0.0630 e. The quantitative estimate of drug-likeness (QED) is 0.257. The molecular formula is C21H41NOS. The van der Waals surface area contributed by atoms with Crippen molar-refractivity contribution in [2.24, 2.45) is 0 Å². The Balaban J connectivity index is 3.08. The van der Waals surface area contributed by atoms with Gasteiger partial charge in [0.1, 0.15) is 0 Å². The maximum absolute atomic E-state index is 9.84. The van der Waals surface area contributed by atoms with Crippen LogP contribution in [0.5, 0.6) is 0 Å². The fourth-order valence-electron chi connectivity index (χ4n) is 3.00. The topological polar surface area (TPSA) is 44.0 Å². The highest BCUT2D eigenvalue weighted by atomic mass is 32.2. The number of nitrogens with zero attached hydrogens (tertiary/aromatic N) is 1. The summed E-state index contributed by atoms with van der Waals surface area (Å²) in [7, 11) is 0. The minimum atomic E-state index is -0.175. The second kappa shape index (κ2) is 20.8. The summed E-state index contributed by atoms with van der Waals surface area (Å²) in [6, 6.07) is 2.14. The molecule has 0 rings (SSSR count). The number of nitriles is 1. The minimum Gasteiger partial charge on any atom is -0.392 e. The molecule has 0 aliphatic rings. The highest BCUT2D eigenvalue weighted by Crippen LogP contribution is 2.14. The zero-order chi connectivity index (χ0) is 17.7. The van der Waals surface area contributed by atoms with Crippen LogP contribution in [0.4, 0.5) is 0 Å². The molecule has 1 N–H and O–H groups in total. The summed E-state index contributed by atoms with van der Waals surface area (Å²) in [4.78, 5) is 0. The Morgan fingerprint density at radius 2 is 1.25 bits per heavy atom. The maximum Gasteiger partial charge on any atom is 0.0630 e. The van der Waals surface area contributed by atoms with Gasteiger partial charge in [0.05, 0.1) is 12.2 Å². The lowest BCUT2D eigenvalue weighted by molar-refractivity contribution is 0.185. The number of thioether (sulfide) groups is 1. The van der Waals surface area contributed by atoms with Crippen molar-refractivity contribution in [3.05, 3.63) is 0 Å². The van der Waals surface area contributed by atoms with Crippen LogP contribution in [0.1, 0.15) is 110 Å². The molecule has 3 heteroatoms. The lowest BCUT2D eigenvalue weighted by Gasteiger charge is -2.09. The summed E-state index contributed by atoms with van der Waals surface area (Å²) in [5.74, 6) is 1.65. The molecule has 0 aromatic carbocycles. The van der Waals surface area contributed by atoms with Gasteiger partial charge >= 0.3 is 0 Å². The molecule has 0 heterocycles. The highest BCUT2D eigenvalue weighted by molar-refractivity contribution is 7.99. The fraction of sp³-hybridized carbons (Fsp3) is 0.952. The van der Waals surface area contributed by atoms with Crippen LogP contribution in [0.25, 0.3) is 0 Å². The molecular weight excluding hydrogens is 314 g/mol. The third kappa shape index (κ3) is 19.8. The Labute approximate surface area is 155 Å². The van der Waals surface area contributed by atoms with Crippen molar-refractivity contribution in [1.82, 2.24) is 0 Å². The van der Waals surface area contributed by atoms with Crippen LogP contribution in [0.15, 0.2) is 0 Å². The zero-order valence-electron chi connectivity index (χ0n) is 16.1. The molecule has 142 valence electrons. The first-order valence-corrected chi connectivity index (χ1v) is 11.6. The summed E-state index contributed by atoms with van der Waals surface area (Å²) in [5, 5.41) is 18.3. The predicted octanol–water partition coefficient (Wildman–Crippen LogP) is 6.87. The number of hydrogen-bond acceptors (Lipinski definition) is 3. The van der Waals surface area contributed by atoms with Crippen LogP contribution in [0.2, 0.25) is 0 Å². The second-order valence-electron chi connectivity index (χ2n) is 7.02. The second-order valence-corrected chi connectivity index (χ2v) is 8.17. The van der Waals surface area contributed by atoms with Gasteiger partial charge in [-0.25, -0.2) is 0 Å². The van der Waals surface area contributed by atoms with E-state index in [1.165, 1.54) is 83.5 Å². The van der Waals surface area contributed by atoms with Gasteiger partial charge < -0.3 is 5.11 Å². The van der Waals surface area contributed by atoms with Gasteiger partial charge in [-0.05, 0) is 6.42 Å². The average Bonchev–Trinajstić information content (AvgIpc) is 2.59. The van der Waals surface area contributed by atoms with Gasteiger partial charge in [0.15, 0.2) is 0 Å². The number of aliphatic hydroxyl groups excluding tert-OH is 1. The van der Waals surface area contributed by atoms with Gasteiger partial charge in [0.25, 0.3) is 0 Å². The summed E-state index contributed by atoms with van der Waals surface area (Å²) < 4.78 is 0. The van der Waals surface area contributed by atoms with Crippen LogP contribution in [0.3, 0.4) is 0 Å². The third-order valence-corrected chi connectivity index (χ3v) is 5.67. The van der Waals surface area contributed by atoms with Crippen molar-refractivity contribution in [3.8, 4) is 6.07 Å². The fourth-order valence-corrected chi connectivity index (χ4v) is 3.84. The van der Waals surface area contributed by atoms with Crippen LogP contribution < -0.4 is 0 Å². The first-order valence-electron chi connectivity index (χ1n) is 10.4. The third-order valence-electron chi connectivity index (χ3n) is 4.56. The Morgan fingerprint density at radius 3 is 1.71 bits per heavy atom. The predicted molar refractivity (Wildman–Crippen MR) is 108 cm³/mol. The first kappa shape index (κ1) is 23.8. The van der Waals surface area contributed by atoms with Crippen molar-refractivity contribution in [2.45, 2.75) is 116 Å². The molecule has 1 atom stereocenters. The van der Waals surface area contributed by atoms with Crippen molar-refractivity contribution in [3.63, 3.8) is 0 Å². The SMILES string of the molecule is CCCCCCCCCCCCCCCCC(O)CSCCC#N. The van der Waals surface area contributed by atoms with E-state index in [1.54, 1.807) is 11.8 Å². The van der Waals surface area contributed by atoms with E-state index >= 15 is 0 Å². The minimum absolute atomic E-state index is 0.175. The van der Waals surface area contributed by atoms with E-state index in [-0.39, 0.29) is 6.10 Å². The molecule has 0 saturated heterocycles. The molecule has 2 nitrogen and oxygen atoms in total. The lowest BCUT2D eigenvalue weighted by atomic mass is 10.0. The van der Waals surface area contributed by atoms with Crippen LogP contribution in [-0.4, -0.2) is 22.7 Å². The van der Waals surface area contributed by atoms with Crippen LogP contribution in [-0.2, 0) is 0 Å². The van der Waals surface area contributed by atoms with Gasteiger partial charge in [-0.1, -0.05) is 96.8 Å². The summed E-state index contributed by atoms with van der Waals surface area (Å²) in [6.45, 7) is 2.28. The van der Waals surface area contributed by atoms with E-state index in [0.717, 1.165) is 24.3 Å². The van der Waals surface area contributed by atoms with Crippen LogP contribution in [0, 0.1) is 11.3 Å². The number of rotatable bonds is 19. The zero-order valence-corrected chi connectivity index (χ0v) is 16.9. The van der Waals surface area contributed by atoms with Crippen LogP contribution >= 0.6 is 11.8 Å². The Bertz CT molecular complexity index is 278. The molecule has 0 saturated carbocycles. The van der Waals surface area contributed by atoms with E-state index < -0.39 is 0 Å². The van der Waals surface area contributed by atoms with Gasteiger partial charge in [0, 0.05) is 17.9 Å². The summed E-state index contributed by atoms with van der Waals surface area (Å²) in [5.41, 5.74) is 0. The van der Waals surface area contributed by atoms with Crippen molar-refractivity contribution >= 4 is 11.8 Å². The first-order chi connectivity index (χ1) is 11.8. The molecule has 0 aliphatic carbocycles. The molecule has 0 amide bonds. The molecule has 0 aromatic heterocycles. The highest BCUT2D eigenvalue weighted by Gasteiger charge is 2.03. The van der Waals surface area contributed by atoms with Gasteiger partial charge in [-0.3, -0.25) is 0 Å². The van der Waals surface area contributed by atoms with Crippen molar-refractivity contribution < 1.29 is 5.11 Å². The molecule has 0 fully saturated rings. The Morgan fingerprint density at radius 1 is 0.792 bits per heavy atom. The molecule has 0 spiro atoms. The van der Waals surface area contributed by atoms with E-state index in [2.05, 4.69) is 13.0 Å². The molecule has 1 unspecified atom stereocenters. The Kier molecular flexibility index (Phi) is 20.7. The number of hydrogen-bond donors (Lipinski definition) is 1. The monoisotopic (exact) mass is 355 g/mol. The summed E-state index contributed by atoms with van der Waals surface area (Å²) >= 11 is 1.70. The Hall–Kier alpha value is -0.200. The van der Waals surface area contributed by atoms with Gasteiger partial charge in [-0.2, -0.15) is 17.0 Å². The molecule has 24 heavy (non-hydrogen) atoms. The molecule has 0 bridgehead atoms. The standard InChI is InChI=1S/C21H41NOS/c1-2-3-4-5-6-7-8-9-10-11-12-13-14-15-17-21(23)20-24-19-16-18-22/h21,23H,2-17,19-20H2,1H3. The normalized spacial score (nSPS) is 12.2. The largest absolute Gasteiger partial charge is 0.392 e. The molecule has 0 aliphatic heterocycles. The van der Waals surface area contributed by atoms with E-state index in [9.17, 15) is 5.11 Å². The molecule has 0 aromatic rings. The maximum atomic E-state index is 9.84. The summed E-state index contributed by atoms with van der Waals surface area (Å²) in [6.07, 6.45) is 20.6. The number of aliphatic hydroxyl groups is 1. The average molecular weight is 356 g/mol. The van der Waals surface area contributed by atoms with Gasteiger partial charge in [0.2, 0.25) is 0 Å². The van der Waals surface area contributed by atoms with E-state index in [4.69, 9.17) is 5.26 Å². The van der Waals surface area contributed by atoms with Gasteiger partial charge in [-0.15, -0.1) is 0 Å².